The molecule has 0 amide bonds. The summed E-state index contributed by atoms with van der Waals surface area (Å²) in [4.78, 5) is 7.32. The molecule has 2 aromatic heterocycles. The van der Waals surface area contributed by atoms with E-state index in [2.05, 4.69) is 67.5 Å². The lowest BCUT2D eigenvalue weighted by Gasteiger charge is -2.30. The highest BCUT2D eigenvalue weighted by Crippen LogP contribution is 2.34. The van der Waals surface area contributed by atoms with Crippen LogP contribution in [0.4, 0.5) is 5.82 Å². The second-order valence-corrected chi connectivity index (χ2v) is 8.02. The van der Waals surface area contributed by atoms with Crippen LogP contribution in [0.5, 0.6) is 0 Å². The third kappa shape index (κ3) is 2.90. The van der Waals surface area contributed by atoms with Gasteiger partial charge in [-0.2, -0.15) is 0 Å². The number of benzene rings is 1. The molecular weight excluding hydrogens is 318 g/mol. The van der Waals surface area contributed by atoms with Crippen LogP contribution in [0.1, 0.15) is 42.7 Å². The van der Waals surface area contributed by atoms with E-state index in [1.807, 2.05) is 6.20 Å². The number of hydrogen-bond acceptors (Lipinski definition) is 2. The van der Waals surface area contributed by atoms with Gasteiger partial charge in [-0.15, -0.1) is 0 Å². The highest BCUT2D eigenvalue weighted by molar-refractivity contribution is 5.93. The fraction of sp³-hybridized carbons (Fsp3) is 0.435. The first-order valence-corrected chi connectivity index (χ1v) is 9.82. The van der Waals surface area contributed by atoms with Gasteiger partial charge in [0.2, 0.25) is 0 Å². The Morgan fingerprint density at radius 2 is 1.85 bits per heavy atom. The predicted octanol–water partition coefficient (Wildman–Crippen LogP) is 5.26. The predicted molar refractivity (Wildman–Crippen MR) is 110 cm³/mol. The minimum atomic E-state index is 0.703. The quantitative estimate of drug-likeness (QED) is 0.642. The minimum Gasteiger partial charge on any atom is -0.350 e. The van der Waals surface area contributed by atoms with Crippen molar-refractivity contribution in [2.75, 3.05) is 11.4 Å². The Kier molecular flexibility index (Phi) is 4.47. The Labute approximate surface area is 156 Å². The molecule has 3 nitrogen and oxygen atoms in total. The number of hydrogen-bond donors (Lipinski definition) is 0. The largest absolute Gasteiger partial charge is 0.350 e. The monoisotopic (exact) mass is 347 g/mol. The molecule has 1 aliphatic rings. The van der Waals surface area contributed by atoms with Crippen LogP contribution in [0, 0.1) is 19.8 Å². The summed E-state index contributed by atoms with van der Waals surface area (Å²) in [5.74, 6) is 1.85. The average Bonchev–Trinajstić information content (AvgIpc) is 2.90. The van der Waals surface area contributed by atoms with Gasteiger partial charge in [-0.1, -0.05) is 38.1 Å². The van der Waals surface area contributed by atoms with Crippen molar-refractivity contribution >= 4 is 16.7 Å². The number of aromatic nitrogens is 2. The van der Waals surface area contributed by atoms with Crippen molar-refractivity contribution < 1.29 is 0 Å². The number of aryl methyl sites for hydroxylation is 2. The molecule has 4 rings (SSSR count). The zero-order valence-corrected chi connectivity index (χ0v) is 16.4. The number of anilines is 1. The van der Waals surface area contributed by atoms with Gasteiger partial charge in [-0.3, -0.25) is 0 Å². The smallest absolute Gasteiger partial charge is 0.153 e. The zero-order chi connectivity index (χ0) is 18.3. The first-order valence-electron chi connectivity index (χ1n) is 9.82. The summed E-state index contributed by atoms with van der Waals surface area (Å²) in [6.45, 7) is 12.2. The van der Waals surface area contributed by atoms with Crippen LogP contribution in [0.2, 0.25) is 0 Å². The molecule has 26 heavy (non-hydrogen) atoms. The number of fused-ring (bicyclic) bond motifs is 2. The summed E-state index contributed by atoms with van der Waals surface area (Å²) >= 11 is 0. The average molecular weight is 348 g/mol. The van der Waals surface area contributed by atoms with Gasteiger partial charge >= 0.3 is 0 Å². The molecule has 0 unspecified atom stereocenters. The van der Waals surface area contributed by atoms with E-state index in [4.69, 9.17) is 4.98 Å². The van der Waals surface area contributed by atoms with Gasteiger partial charge in [-0.25, -0.2) is 4.98 Å². The molecule has 136 valence electrons. The van der Waals surface area contributed by atoms with Crippen molar-refractivity contribution in [2.45, 2.75) is 53.6 Å². The lowest BCUT2D eigenvalue weighted by Crippen LogP contribution is -2.31. The first kappa shape index (κ1) is 17.1. The van der Waals surface area contributed by atoms with E-state index in [1.54, 1.807) is 0 Å². The number of rotatable bonds is 4. The highest BCUT2D eigenvalue weighted by Gasteiger charge is 2.22. The van der Waals surface area contributed by atoms with E-state index in [0.29, 0.717) is 5.92 Å². The van der Waals surface area contributed by atoms with E-state index in [9.17, 15) is 0 Å². The first-order chi connectivity index (χ1) is 12.6. The molecule has 3 heteroatoms. The normalized spacial score (nSPS) is 14.3. The van der Waals surface area contributed by atoms with Gasteiger partial charge in [-0.05, 0) is 55.4 Å². The maximum Gasteiger partial charge on any atom is 0.153 e. The van der Waals surface area contributed by atoms with Crippen molar-refractivity contribution in [2.24, 2.45) is 5.92 Å². The molecule has 3 heterocycles. The molecule has 0 N–H and O–H groups in total. The van der Waals surface area contributed by atoms with Crippen molar-refractivity contribution in [1.82, 2.24) is 9.55 Å². The maximum absolute atomic E-state index is 4.85. The zero-order valence-electron chi connectivity index (χ0n) is 16.4. The van der Waals surface area contributed by atoms with E-state index in [1.165, 1.54) is 39.7 Å². The van der Waals surface area contributed by atoms with Gasteiger partial charge in [0, 0.05) is 36.9 Å². The maximum atomic E-state index is 4.85. The second-order valence-electron chi connectivity index (χ2n) is 8.02. The highest BCUT2D eigenvalue weighted by atomic mass is 15.2. The summed E-state index contributed by atoms with van der Waals surface area (Å²) in [5.41, 5.74) is 7.02. The lowest BCUT2D eigenvalue weighted by molar-refractivity contribution is 0.518. The topological polar surface area (TPSA) is 21.1 Å². The molecule has 0 atom stereocenters. The van der Waals surface area contributed by atoms with Gasteiger partial charge in [0.1, 0.15) is 0 Å². The van der Waals surface area contributed by atoms with Crippen LogP contribution in [0.25, 0.3) is 10.9 Å². The number of nitrogens with zero attached hydrogens (tertiary/aromatic N) is 3. The number of pyridine rings is 1. The fourth-order valence-corrected chi connectivity index (χ4v) is 4.15. The second kappa shape index (κ2) is 6.79. The van der Waals surface area contributed by atoms with Gasteiger partial charge in [0.05, 0.1) is 5.52 Å². The minimum absolute atomic E-state index is 0.703. The Bertz CT molecular complexity index is 936. The Balaban J connectivity index is 1.79. The van der Waals surface area contributed by atoms with Crippen LogP contribution in [-0.2, 0) is 19.5 Å². The van der Waals surface area contributed by atoms with E-state index in [0.717, 1.165) is 31.9 Å². The standard InChI is InChI=1S/C23H29N3/c1-16(2)10-14-26-18(4)17(3)21-9-12-24-23(22(21)26)25-13-11-19-7-5-6-8-20(19)15-25/h5-9,12,16H,10-11,13-15H2,1-4H3. The third-order valence-corrected chi connectivity index (χ3v) is 5.89. The third-order valence-electron chi connectivity index (χ3n) is 5.89. The molecule has 0 aliphatic carbocycles. The van der Waals surface area contributed by atoms with Gasteiger partial charge in [0.15, 0.2) is 5.82 Å². The van der Waals surface area contributed by atoms with Crippen molar-refractivity contribution in [3.8, 4) is 0 Å². The molecule has 0 saturated carbocycles. The van der Waals surface area contributed by atoms with E-state index < -0.39 is 0 Å². The van der Waals surface area contributed by atoms with Crippen molar-refractivity contribution in [3.63, 3.8) is 0 Å². The lowest BCUT2D eigenvalue weighted by atomic mass is 10.00. The van der Waals surface area contributed by atoms with Crippen molar-refractivity contribution in [1.29, 1.82) is 0 Å². The fourth-order valence-electron chi connectivity index (χ4n) is 4.15. The van der Waals surface area contributed by atoms with Gasteiger partial charge < -0.3 is 9.47 Å². The van der Waals surface area contributed by atoms with Crippen LogP contribution in [-0.4, -0.2) is 16.1 Å². The molecule has 1 aliphatic heterocycles. The summed E-state index contributed by atoms with van der Waals surface area (Å²) in [7, 11) is 0. The molecule has 0 fully saturated rings. The molecule has 0 spiro atoms. The molecule has 3 aromatic rings. The SMILES string of the molecule is Cc1c(C)n(CCC(C)C)c2c(N3CCc4ccccc4C3)nccc12. The molecular formula is C23H29N3. The molecule has 0 radical (unpaired) electrons. The summed E-state index contributed by atoms with van der Waals surface area (Å²) in [6.07, 6.45) is 4.28. The van der Waals surface area contributed by atoms with E-state index in [-0.39, 0.29) is 0 Å². The molecule has 1 aromatic carbocycles. The Hall–Kier alpha value is -2.29. The molecule has 0 saturated heterocycles. The van der Waals surface area contributed by atoms with Crippen LogP contribution in [0.3, 0.4) is 0 Å². The summed E-state index contributed by atoms with van der Waals surface area (Å²) in [6, 6.07) is 11.0. The van der Waals surface area contributed by atoms with Gasteiger partial charge in [0.25, 0.3) is 0 Å². The molecule has 0 bridgehead atoms. The van der Waals surface area contributed by atoms with Crippen LogP contribution >= 0.6 is 0 Å². The van der Waals surface area contributed by atoms with E-state index >= 15 is 0 Å². The summed E-state index contributed by atoms with van der Waals surface area (Å²) < 4.78 is 2.51. The van der Waals surface area contributed by atoms with Crippen LogP contribution in [0.15, 0.2) is 36.5 Å². The Morgan fingerprint density at radius 3 is 2.62 bits per heavy atom. The Morgan fingerprint density at radius 1 is 1.08 bits per heavy atom. The van der Waals surface area contributed by atoms with Crippen molar-refractivity contribution in [3.05, 3.63) is 58.9 Å². The van der Waals surface area contributed by atoms with Crippen LogP contribution < -0.4 is 4.90 Å². The summed E-state index contributed by atoms with van der Waals surface area (Å²) in [5, 5.41) is 1.36.